The maximum atomic E-state index is 12.7. The first-order chi connectivity index (χ1) is 19.2. The molecule has 40 heavy (non-hydrogen) atoms. The van der Waals surface area contributed by atoms with E-state index < -0.39 is 19.1 Å². The molecule has 0 bridgehead atoms. The van der Waals surface area contributed by atoms with Gasteiger partial charge in [-0.15, -0.1) is 0 Å². The average molecular weight is 614 g/mol. The summed E-state index contributed by atoms with van der Waals surface area (Å²) >= 11 is 0. The third kappa shape index (κ3) is 11.8. The molecule has 2 aromatic rings. The molecule has 2 heterocycles. The fourth-order valence-electron chi connectivity index (χ4n) is 4.55. The summed E-state index contributed by atoms with van der Waals surface area (Å²) in [6.45, 7) is 7.94. The largest absolute Gasteiger partial charge is 0.382 e. The van der Waals surface area contributed by atoms with Crippen LogP contribution < -0.4 is 5.73 Å². The predicted octanol–water partition coefficient (Wildman–Crippen LogP) is 7.99. The third-order valence-electron chi connectivity index (χ3n) is 6.97. The van der Waals surface area contributed by atoms with Crippen LogP contribution in [0.2, 0.25) is 0 Å². The SMILES string of the molecule is CCCCCCCCCCCCSSCCC(CC(=O)C(C)C)(OC(C)Cn1cnc2c(N)ncnc21)P(=O)=O. The number of hydrogen-bond acceptors (Lipinski definition) is 10. The van der Waals surface area contributed by atoms with Crippen molar-refractivity contribution in [2.45, 2.75) is 123 Å². The summed E-state index contributed by atoms with van der Waals surface area (Å²) in [6.07, 6.45) is 15.6. The van der Waals surface area contributed by atoms with Gasteiger partial charge in [0.15, 0.2) is 16.8 Å². The number of aromatic nitrogens is 4. The molecule has 226 valence electrons. The zero-order chi connectivity index (χ0) is 29.4. The standard InChI is InChI=1S/C28H48N5O4PS2/c1-5-6-7-8-9-10-11-12-13-14-16-39-40-17-15-28(38(35)36,18-24(34)22(2)3)37-23(4)19-33-21-32-25-26(29)30-20-31-27(25)33/h20-23H,5-19H2,1-4H3,(H2,29,30,31). The monoisotopic (exact) mass is 613 g/mol. The van der Waals surface area contributed by atoms with Crippen LogP contribution in [0.4, 0.5) is 5.82 Å². The predicted molar refractivity (Wildman–Crippen MR) is 167 cm³/mol. The van der Waals surface area contributed by atoms with Crippen LogP contribution in [-0.2, 0) is 25.2 Å². The Bertz CT molecular complexity index is 1090. The maximum Gasteiger partial charge on any atom is 0.348 e. The van der Waals surface area contributed by atoms with Crippen LogP contribution in [-0.4, -0.2) is 48.3 Å². The van der Waals surface area contributed by atoms with E-state index in [1.165, 1.54) is 70.5 Å². The topological polar surface area (TPSA) is 130 Å². The normalized spacial score (nSPS) is 14.0. The van der Waals surface area contributed by atoms with Crippen LogP contribution in [0.25, 0.3) is 11.2 Å². The summed E-state index contributed by atoms with van der Waals surface area (Å²) in [4.78, 5) is 25.2. The number of imidazole rings is 1. The summed E-state index contributed by atoms with van der Waals surface area (Å²) in [6, 6.07) is 0. The molecule has 0 aliphatic carbocycles. The summed E-state index contributed by atoms with van der Waals surface area (Å²) in [5.41, 5.74) is 6.93. The molecule has 0 aliphatic heterocycles. The quantitative estimate of drug-likeness (QED) is 0.0747. The molecule has 0 saturated carbocycles. The van der Waals surface area contributed by atoms with Crippen LogP contribution in [0.5, 0.6) is 0 Å². The van der Waals surface area contributed by atoms with Gasteiger partial charge in [0, 0.05) is 30.3 Å². The summed E-state index contributed by atoms with van der Waals surface area (Å²) in [5.74, 6) is 1.51. The van der Waals surface area contributed by atoms with Gasteiger partial charge in [-0.05, 0) is 13.3 Å². The fraction of sp³-hybridized carbons (Fsp3) is 0.786. The molecule has 0 spiro atoms. The molecule has 2 N–H and O–H groups in total. The Labute approximate surface area is 248 Å². The van der Waals surface area contributed by atoms with Gasteiger partial charge >= 0.3 is 7.68 Å². The van der Waals surface area contributed by atoms with Gasteiger partial charge in [-0.2, -0.15) is 0 Å². The summed E-state index contributed by atoms with van der Waals surface area (Å²) in [5, 5.41) is -1.55. The van der Waals surface area contributed by atoms with Crippen molar-refractivity contribution in [2.75, 3.05) is 17.2 Å². The van der Waals surface area contributed by atoms with Crippen molar-refractivity contribution >= 4 is 52.0 Å². The van der Waals surface area contributed by atoms with Crippen molar-refractivity contribution < 1.29 is 18.7 Å². The molecule has 2 rings (SSSR count). The van der Waals surface area contributed by atoms with Gasteiger partial charge in [0.05, 0.1) is 19.0 Å². The molecule has 12 heteroatoms. The van der Waals surface area contributed by atoms with Crippen molar-refractivity contribution in [3.8, 4) is 0 Å². The summed E-state index contributed by atoms with van der Waals surface area (Å²) < 4.78 is 33.2. The lowest BCUT2D eigenvalue weighted by atomic mass is 10.0. The number of rotatable bonds is 23. The number of nitrogens with zero attached hydrogens (tertiary/aromatic N) is 4. The Morgan fingerprint density at radius 2 is 1.60 bits per heavy atom. The van der Waals surface area contributed by atoms with Crippen molar-refractivity contribution in [1.29, 1.82) is 0 Å². The highest BCUT2D eigenvalue weighted by Crippen LogP contribution is 2.42. The number of hydrogen-bond donors (Lipinski definition) is 1. The second-order valence-electron chi connectivity index (χ2n) is 10.8. The molecule has 0 amide bonds. The second kappa shape index (κ2) is 18.9. The van der Waals surface area contributed by atoms with E-state index in [9.17, 15) is 13.9 Å². The minimum atomic E-state index is -3.02. The Morgan fingerprint density at radius 3 is 2.23 bits per heavy atom. The zero-order valence-corrected chi connectivity index (χ0v) is 27.2. The molecular formula is C28H48N5O4PS2. The zero-order valence-electron chi connectivity index (χ0n) is 24.7. The highest BCUT2D eigenvalue weighted by molar-refractivity contribution is 8.76. The molecule has 2 unspecified atom stereocenters. The number of ether oxygens (including phenoxy) is 1. The van der Waals surface area contributed by atoms with Crippen LogP contribution >= 0.6 is 29.3 Å². The first-order valence-corrected chi connectivity index (χ1v) is 18.4. The molecule has 2 aromatic heterocycles. The molecule has 0 radical (unpaired) electrons. The first-order valence-electron chi connectivity index (χ1n) is 14.7. The summed E-state index contributed by atoms with van der Waals surface area (Å²) in [7, 11) is 0.416. The number of nitrogens with two attached hydrogens (primary N) is 1. The third-order valence-corrected chi connectivity index (χ3v) is 10.6. The average Bonchev–Trinajstić information content (AvgIpc) is 3.32. The Kier molecular flexibility index (Phi) is 16.4. The molecule has 0 saturated heterocycles. The van der Waals surface area contributed by atoms with Crippen LogP contribution in [0, 0.1) is 5.92 Å². The number of carbonyl (C=O) groups excluding carboxylic acids is 1. The van der Waals surface area contributed by atoms with Gasteiger partial charge in [-0.1, -0.05) is 100 Å². The fourth-order valence-corrected chi connectivity index (χ4v) is 7.83. The Morgan fingerprint density at radius 1 is 0.975 bits per heavy atom. The molecule has 0 fully saturated rings. The number of ketones is 1. The van der Waals surface area contributed by atoms with Crippen LogP contribution in [0.3, 0.4) is 0 Å². The van der Waals surface area contributed by atoms with Gasteiger partial charge in [-0.3, -0.25) is 4.79 Å². The number of fused-ring (bicyclic) bond motifs is 1. The first kappa shape index (κ1) is 34.8. The van der Waals surface area contributed by atoms with E-state index in [-0.39, 0.29) is 30.4 Å². The molecule has 9 nitrogen and oxygen atoms in total. The number of Topliss-reactive ketones (excluding diaryl/α,β-unsaturated/α-hetero) is 1. The number of nitrogen functional groups attached to an aromatic ring is 1. The maximum absolute atomic E-state index is 12.7. The van der Waals surface area contributed by atoms with E-state index in [1.54, 1.807) is 53.3 Å². The van der Waals surface area contributed by atoms with E-state index >= 15 is 0 Å². The minimum absolute atomic E-state index is 0.122. The highest BCUT2D eigenvalue weighted by atomic mass is 33.1. The van der Waals surface area contributed by atoms with Gasteiger partial charge in [-0.25, -0.2) is 24.1 Å². The lowest BCUT2D eigenvalue weighted by molar-refractivity contribution is -0.128. The lowest BCUT2D eigenvalue weighted by Crippen LogP contribution is -2.37. The van der Waals surface area contributed by atoms with E-state index in [1.807, 2.05) is 0 Å². The van der Waals surface area contributed by atoms with Gasteiger partial charge in [0.2, 0.25) is 0 Å². The van der Waals surface area contributed by atoms with Crippen molar-refractivity contribution in [3.05, 3.63) is 12.7 Å². The molecule has 0 aromatic carbocycles. The van der Waals surface area contributed by atoms with E-state index in [0.717, 1.165) is 5.75 Å². The van der Waals surface area contributed by atoms with Crippen LogP contribution in [0.15, 0.2) is 12.7 Å². The Balaban J connectivity index is 1.84. The minimum Gasteiger partial charge on any atom is -0.382 e. The molecule has 2 atom stereocenters. The number of anilines is 1. The van der Waals surface area contributed by atoms with E-state index in [0.29, 0.717) is 23.5 Å². The lowest BCUT2D eigenvalue weighted by Gasteiger charge is -2.30. The van der Waals surface area contributed by atoms with Crippen molar-refractivity contribution in [3.63, 3.8) is 0 Å². The smallest absolute Gasteiger partial charge is 0.348 e. The molecular weight excluding hydrogens is 565 g/mol. The number of carbonyl (C=O) groups is 1. The van der Waals surface area contributed by atoms with Gasteiger partial charge in [0.1, 0.15) is 17.6 Å². The Hall–Kier alpha value is -1.42. The van der Waals surface area contributed by atoms with Crippen molar-refractivity contribution in [2.24, 2.45) is 5.92 Å². The van der Waals surface area contributed by atoms with E-state index in [4.69, 9.17) is 10.5 Å². The van der Waals surface area contributed by atoms with Gasteiger partial charge in [0.25, 0.3) is 0 Å². The highest BCUT2D eigenvalue weighted by Gasteiger charge is 2.42. The van der Waals surface area contributed by atoms with E-state index in [2.05, 4.69) is 21.9 Å². The second-order valence-corrected chi connectivity index (χ2v) is 14.9. The van der Waals surface area contributed by atoms with Crippen LogP contribution in [0.1, 0.15) is 105 Å². The van der Waals surface area contributed by atoms with Gasteiger partial charge < -0.3 is 15.0 Å². The number of unbranched alkanes of at least 4 members (excludes halogenated alkanes) is 9. The van der Waals surface area contributed by atoms with Crippen molar-refractivity contribution in [1.82, 2.24) is 19.5 Å². The molecule has 0 aliphatic rings.